The molecule has 45 heavy (non-hydrogen) atoms. The zero-order valence-electron chi connectivity index (χ0n) is 25.6. The number of Topliss-reactive ketones (excluding diaryl/α,β-unsaturated/α-hetero) is 1. The molecule has 0 N–H and O–H groups in total. The average molecular weight is 607 g/mol. The van der Waals surface area contributed by atoms with Gasteiger partial charge in [0.25, 0.3) is 0 Å². The van der Waals surface area contributed by atoms with E-state index < -0.39 is 30.5 Å². The molecule has 0 bridgehead atoms. The van der Waals surface area contributed by atoms with E-state index in [1.807, 2.05) is 109 Å². The van der Waals surface area contributed by atoms with Crippen molar-refractivity contribution < 1.29 is 28.5 Å². The maximum Gasteiger partial charge on any atom is 0.138 e. The standard InChI is InChI=1S/C39H42O6/c40-34-23-13-22-33(34)36-38(43-26-31-18-9-3-10-19-31)39(44-27-32-20-11-4-12-21-32)37(42-25-30-16-7-2-8-17-30)35(45-36)28-41-24-29-14-5-1-6-15-29/h1-12,14-21,33,35-39H,13,22-28H2/t33?,35-,36?,37-,38-,39+/m1/s1. The second-order valence-corrected chi connectivity index (χ2v) is 11.9. The van der Waals surface area contributed by atoms with Crippen molar-refractivity contribution in [2.24, 2.45) is 5.92 Å². The van der Waals surface area contributed by atoms with Crippen LogP contribution in [-0.2, 0) is 54.9 Å². The van der Waals surface area contributed by atoms with Crippen molar-refractivity contribution in [2.45, 2.75) is 76.2 Å². The maximum absolute atomic E-state index is 13.2. The molecule has 6 rings (SSSR count). The molecule has 1 aliphatic carbocycles. The minimum absolute atomic E-state index is 0.225. The second kappa shape index (κ2) is 16.1. The fourth-order valence-corrected chi connectivity index (χ4v) is 6.34. The van der Waals surface area contributed by atoms with Gasteiger partial charge in [-0.1, -0.05) is 121 Å². The molecule has 2 unspecified atom stereocenters. The molecule has 6 atom stereocenters. The molecule has 1 saturated heterocycles. The van der Waals surface area contributed by atoms with Gasteiger partial charge in [0.1, 0.15) is 30.2 Å². The summed E-state index contributed by atoms with van der Waals surface area (Å²) in [6.07, 6.45) is -0.283. The predicted molar refractivity (Wildman–Crippen MR) is 172 cm³/mol. The lowest BCUT2D eigenvalue weighted by molar-refractivity contribution is -0.279. The third-order valence-corrected chi connectivity index (χ3v) is 8.67. The van der Waals surface area contributed by atoms with Crippen molar-refractivity contribution in [1.29, 1.82) is 0 Å². The molecule has 0 spiro atoms. The van der Waals surface area contributed by atoms with Crippen LogP contribution in [0.4, 0.5) is 0 Å². The van der Waals surface area contributed by atoms with Gasteiger partial charge in [0.15, 0.2) is 0 Å². The highest BCUT2D eigenvalue weighted by atomic mass is 16.6. The molecule has 4 aromatic rings. The lowest BCUT2D eigenvalue weighted by Crippen LogP contribution is -2.63. The molecule has 234 valence electrons. The topological polar surface area (TPSA) is 63.2 Å². The average Bonchev–Trinajstić information content (AvgIpc) is 3.53. The van der Waals surface area contributed by atoms with Gasteiger partial charge < -0.3 is 23.7 Å². The summed E-state index contributed by atoms with van der Waals surface area (Å²) >= 11 is 0. The first-order valence-electron chi connectivity index (χ1n) is 16.0. The molecule has 2 aliphatic rings. The third kappa shape index (κ3) is 8.54. The number of carbonyl (C=O) groups excluding carboxylic acids is 1. The quantitative estimate of drug-likeness (QED) is 0.153. The predicted octanol–water partition coefficient (Wildman–Crippen LogP) is 7.10. The Kier molecular flexibility index (Phi) is 11.2. The highest BCUT2D eigenvalue weighted by Gasteiger charge is 2.52. The Hall–Kier alpha value is -3.65. The van der Waals surface area contributed by atoms with Gasteiger partial charge in [-0.3, -0.25) is 4.79 Å². The lowest BCUT2D eigenvalue weighted by Gasteiger charge is -2.47. The summed E-state index contributed by atoms with van der Waals surface area (Å²) in [7, 11) is 0. The van der Waals surface area contributed by atoms with Gasteiger partial charge >= 0.3 is 0 Å². The van der Waals surface area contributed by atoms with E-state index in [2.05, 4.69) is 12.1 Å². The van der Waals surface area contributed by atoms with Gasteiger partial charge in [-0.2, -0.15) is 0 Å². The Labute approximate surface area is 266 Å². The summed E-state index contributed by atoms with van der Waals surface area (Å²) in [4.78, 5) is 13.2. The van der Waals surface area contributed by atoms with E-state index in [-0.39, 0.29) is 11.7 Å². The minimum atomic E-state index is -0.521. The van der Waals surface area contributed by atoms with Gasteiger partial charge in [-0.15, -0.1) is 0 Å². The van der Waals surface area contributed by atoms with E-state index >= 15 is 0 Å². The molecule has 6 nitrogen and oxygen atoms in total. The number of hydrogen-bond donors (Lipinski definition) is 0. The van der Waals surface area contributed by atoms with Crippen LogP contribution in [-0.4, -0.2) is 42.9 Å². The zero-order chi connectivity index (χ0) is 30.7. The van der Waals surface area contributed by atoms with Gasteiger partial charge in [0.2, 0.25) is 0 Å². The van der Waals surface area contributed by atoms with E-state index in [1.165, 1.54) is 0 Å². The van der Waals surface area contributed by atoms with E-state index in [0.29, 0.717) is 39.5 Å². The number of ether oxygens (including phenoxy) is 5. The summed E-state index contributed by atoms with van der Waals surface area (Å²) in [6.45, 7) is 1.88. The first-order valence-corrected chi connectivity index (χ1v) is 16.0. The molecular formula is C39H42O6. The largest absolute Gasteiger partial charge is 0.374 e. The Balaban J connectivity index is 1.31. The molecule has 1 saturated carbocycles. The van der Waals surface area contributed by atoms with E-state index in [9.17, 15) is 4.79 Å². The molecule has 0 aromatic heterocycles. The van der Waals surface area contributed by atoms with Gasteiger partial charge in [-0.25, -0.2) is 0 Å². The van der Waals surface area contributed by atoms with Crippen LogP contribution in [0.3, 0.4) is 0 Å². The number of benzene rings is 4. The first-order chi connectivity index (χ1) is 22.2. The normalized spacial score (nSPS) is 24.9. The van der Waals surface area contributed by atoms with Crippen LogP contribution < -0.4 is 0 Å². The molecule has 2 fully saturated rings. The molecule has 1 heterocycles. The summed E-state index contributed by atoms with van der Waals surface area (Å²) < 4.78 is 33.4. The van der Waals surface area contributed by atoms with Crippen molar-refractivity contribution >= 4 is 5.78 Å². The fourth-order valence-electron chi connectivity index (χ4n) is 6.34. The van der Waals surface area contributed by atoms with Crippen LogP contribution in [0.25, 0.3) is 0 Å². The van der Waals surface area contributed by atoms with Crippen molar-refractivity contribution in [1.82, 2.24) is 0 Å². The smallest absolute Gasteiger partial charge is 0.138 e. The van der Waals surface area contributed by atoms with Crippen LogP contribution in [0.5, 0.6) is 0 Å². The van der Waals surface area contributed by atoms with Gasteiger partial charge in [0.05, 0.1) is 39.1 Å². The third-order valence-electron chi connectivity index (χ3n) is 8.67. The van der Waals surface area contributed by atoms with Crippen LogP contribution in [0, 0.1) is 5.92 Å². The Morgan fingerprint density at radius 1 is 0.556 bits per heavy atom. The zero-order valence-corrected chi connectivity index (χ0v) is 25.6. The van der Waals surface area contributed by atoms with E-state index in [0.717, 1.165) is 35.1 Å². The molecular weight excluding hydrogens is 564 g/mol. The lowest BCUT2D eigenvalue weighted by atomic mass is 9.86. The van der Waals surface area contributed by atoms with E-state index in [4.69, 9.17) is 23.7 Å². The Morgan fingerprint density at radius 2 is 1.00 bits per heavy atom. The molecule has 0 radical (unpaired) electrons. The van der Waals surface area contributed by atoms with Crippen molar-refractivity contribution in [3.63, 3.8) is 0 Å². The van der Waals surface area contributed by atoms with Gasteiger partial charge in [0, 0.05) is 12.3 Å². The Morgan fingerprint density at radius 3 is 1.47 bits per heavy atom. The van der Waals surface area contributed by atoms with Gasteiger partial charge in [-0.05, 0) is 35.1 Å². The summed E-state index contributed by atoms with van der Waals surface area (Å²) in [5.74, 6) is -0.0389. The summed E-state index contributed by atoms with van der Waals surface area (Å²) in [6, 6.07) is 40.4. The number of ketones is 1. The minimum Gasteiger partial charge on any atom is -0.374 e. The summed E-state index contributed by atoms with van der Waals surface area (Å²) in [5, 5.41) is 0. The monoisotopic (exact) mass is 606 g/mol. The van der Waals surface area contributed by atoms with Crippen molar-refractivity contribution in [2.75, 3.05) is 6.61 Å². The number of carbonyl (C=O) groups is 1. The molecule has 1 aliphatic heterocycles. The highest BCUT2D eigenvalue weighted by molar-refractivity contribution is 5.83. The fraction of sp³-hybridized carbons (Fsp3) is 0.359. The van der Waals surface area contributed by atoms with Crippen molar-refractivity contribution in [3.05, 3.63) is 144 Å². The summed E-state index contributed by atoms with van der Waals surface area (Å²) in [5.41, 5.74) is 4.24. The molecule has 0 amide bonds. The first kappa shape index (κ1) is 31.3. The van der Waals surface area contributed by atoms with Crippen LogP contribution in [0.2, 0.25) is 0 Å². The molecule has 6 heteroatoms. The van der Waals surface area contributed by atoms with E-state index in [1.54, 1.807) is 0 Å². The second-order valence-electron chi connectivity index (χ2n) is 11.9. The molecule has 4 aromatic carbocycles. The maximum atomic E-state index is 13.2. The highest BCUT2D eigenvalue weighted by Crippen LogP contribution is 2.38. The van der Waals surface area contributed by atoms with Crippen LogP contribution in [0.15, 0.2) is 121 Å². The van der Waals surface area contributed by atoms with Crippen molar-refractivity contribution in [3.8, 4) is 0 Å². The number of hydrogen-bond acceptors (Lipinski definition) is 6. The number of rotatable bonds is 14. The SMILES string of the molecule is O=C1CCCC1C1O[C@H](COCc2ccccc2)[C@@H](OCc2ccccc2)[C@H](OCc2ccccc2)[C@@H]1OCc1ccccc1. The van der Waals surface area contributed by atoms with Crippen LogP contribution in [0.1, 0.15) is 41.5 Å². The Bertz CT molecular complexity index is 1430. The van der Waals surface area contributed by atoms with Crippen LogP contribution >= 0.6 is 0 Å².